The van der Waals surface area contributed by atoms with Crippen molar-refractivity contribution in [3.05, 3.63) is 64.2 Å². The van der Waals surface area contributed by atoms with Crippen LogP contribution in [-0.2, 0) is 0 Å². The van der Waals surface area contributed by atoms with Crippen LogP contribution in [0.1, 0.15) is 25.5 Å². The number of rotatable bonds is 2. The van der Waals surface area contributed by atoms with E-state index in [4.69, 9.17) is 0 Å². The first-order valence-electron chi connectivity index (χ1n) is 7.54. The molecule has 3 rings (SSSR count). The zero-order valence-corrected chi connectivity index (χ0v) is 13.3. The van der Waals surface area contributed by atoms with E-state index in [0.29, 0.717) is 21.9 Å². The van der Waals surface area contributed by atoms with Crippen LogP contribution in [0.5, 0.6) is 5.88 Å². The van der Waals surface area contributed by atoms with E-state index in [1.54, 1.807) is 18.2 Å². The van der Waals surface area contributed by atoms with Crippen LogP contribution in [0, 0.1) is 12.7 Å². The molecule has 3 nitrogen and oxygen atoms in total. The molecule has 3 aromatic rings. The van der Waals surface area contributed by atoms with Crippen molar-refractivity contribution in [1.82, 2.24) is 4.57 Å². The molecule has 1 heterocycles. The first-order valence-corrected chi connectivity index (χ1v) is 7.54. The SMILES string of the molecule is Cc1cccc2c(=O)n(C(C)C)c(O)c(-c3ccc(F)cc3)c12. The number of aryl methyl sites for hydroxylation is 1. The summed E-state index contributed by atoms with van der Waals surface area (Å²) < 4.78 is 14.6. The lowest BCUT2D eigenvalue weighted by Crippen LogP contribution is -2.23. The molecule has 0 radical (unpaired) electrons. The summed E-state index contributed by atoms with van der Waals surface area (Å²) in [4.78, 5) is 12.7. The maximum Gasteiger partial charge on any atom is 0.261 e. The summed E-state index contributed by atoms with van der Waals surface area (Å²) in [6.45, 7) is 5.59. The number of pyridine rings is 1. The van der Waals surface area contributed by atoms with E-state index in [0.717, 1.165) is 5.56 Å². The van der Waals surface area contributed by atoms with Gasteiger partial charge in [0.1, 0.15) is 5.82 Å². The highest BCUT2D eigenvalue weighted by atomic mass is 19.1. The Kier molecular flexibility index (Phi) is 3.68. The Morgan fingerprint density at radius 2 is 1.74 bits per heavy atom. The standard InChI is InChI=1S/C19H18FNO2/c1-11(2)21-18(22)15-6-4-5-12(3)16(15)17(19(21)23)13-7-9-14(20)10-8-13/h4-11,23H,1-3H3. The lowest BCUT2D eigenvalue weighted by atomic mass is 9.96. The topological polar surface area (TPSA) is 42.2 Å². The Balaban J connectivity index is 2.53. The zero-order valence-electron chi connectivity index (χ0n) is 13.3. The number of aromatic hydroxyl groups is 1. The summed E-state index contributed by atoms with van der Waals surface area (Å²) in [5, 5.41) is 12.0. The quantitative estimate of drug-likeness (QED) is 0.762. The van der Waals surface area contributed by atoms with Crippen LogP contribution in [0.4, 0.5) is 4.39 Å². The molecule has 0 spiro atoms. The van der Waals surface area contributed by atoms with Crippen LogP contribution < -0.4 is 5.56 Å². The minimum Gasteiger partial charge on any atom is -0.494 e. The van der Waals surface area contributed by atoms with E-state index in [-0.39, 0.29) is 23.3 Å². The van der Waals surface area contributed by atoms with Gasteiger partial charge in [-0.05, 0) is 50.1 Å². The Labute approximate surface area is 133 Å². The average molecular weight is 311 g/mol. The van der Waals surface area contributed by atoms with E-state index in [1.165, 1.54) is 16.7 Å². The van der Waals surface area contributed by atoms with Crippen molar-refractivity contribution in [2.75, 3.05) is 0 Å². The van der Waals surface area contributed by atoms with Gasteiger partial charge in [0.25, 0.3) is 5.56 Å². The molecule has 2 aromatic carbocycles. The van der Waals surface area contributed by atoms with Crippen molar-refractivity contribution in [2.24, 2.45) is 0 Å². The highest BCUT2D eigenvalue weighted by Crippen LogP contribution is 2.37. The first-order chi connectivity index (χ1) is 10.9. The molecule has 0 saturated heterocycles. The van der Waals surface area contributed by atoms with Crippen molar-refractivity contribution < 1.29 is 9.50 Å². The smallest absolute Gasteiger partial charge is 0.261 e. The summed E-state index contributed by atoms with van der Waals surface area (Å²) in [6, 6.07) is 11.2. The van der Waals surface area contributed by atoms with Crippen molar-refractivity contribution in [3.63, 3.8) is 0 Å². The highest BCUT2D eigenvalue weighted by molar-refractivity contribution is 6.00. The molecule has 0 fully saturated rings. The lowest BCUT2D eigenvalue weighted by Gasteiger charge is -2.19. The van der Waals surface area contributed by atoms with Gasteiger partial charge in [-0.15, -0.1) is 0 Å². The van der Waals surface area contributed by atoms with Crippen molar-refractivity contribution in [3.8, 4) is 17.0 Å². The van der Waals surface area contributed by atoms with Gasteiger partial charge < -0.3 is 5.11 Å². The van der Waals surface area contributed by atoms with Crippen molar-refractivity contribution in [1.29, 1.82) is 0 Å². The average Bonchev–Trinajstić information content (AvgIpc) is 2.50. The molecule has 0 aliphatic carbocycles. The maximum atomic E-state index is 13.3. The highest BCUT2D eigenvalue weighted by Gasteiger charge is 2.20. The minimum absolute atomic E-state index is 0.0848. The van der Waals surface area contributed by atoms with E-state index >= 15 is 0 Å². The summed E-state index contributed by atoms with van der Waals surface area (Å²) in [5.41, 5.74) is 1.91. The van der Waals surface area contributed by atoms with Crippen molar-refractivity contribution >= 4 is 10.8 Å². The van der Waals surface area contributed by atoms with Gasteiger partial charge in [0.2, 0.25) is 5.88 Å². The van der Waals surface area contributed by atoms with Gasteiger partial charge in [0, 0.05) is 16.8 Å². The molecule has 4 heteroatoms. The number of fused-ring (bicyclic) bond motifs is 1. The van der Waals surface area contributed by atoms with Crippen molar-refractivity contribution in [2.45, 2.75) is 26.8 Å². The van der Waals surface area contributed by atoms with Gasteiger partial charge in [-0.2, -0.15) is 0 Å². The van der Waals surface area contributed by atoms with Crippen LogP contribution in [-0.4, -0.2) is 9.67 Å². The fourth-order valence-corrected chi connectivity index (χ4v) is 3.01. The predicted octanol–water partition coefficient (Wildman–Crippen LogP) is 4.40. The molecule has 1 aromatic heterocycles. The molecule has 23 heavy (non-hydrogen) atoms. The van der Waals surface area contributed by atoms with Crippen LogP contribution in [0.3, 0.4) is 0 Å². The normalized spacial score (nSPS) is 11.3. The zero-order chi connectivity index (χ0) is 16.7. The predicted molar refractivity (Wildman–Crippen MR) is 90.4 cm³/mol. The molecule has 0 atom stereocenters. The number of aromatic nitrogens is 1. The number of nitrogens with zero attached hydrogens (tertiary/aromatic N) is 1. The molecule has 0 amide bonds. The number of halogens is 1. The first kappa shape index (κ1) is 15.3. The van der Waals surface area contributed by atoms with E-state index in [2.05, 4.69) is 0 Å². The van der Waals surface area contributed by atoms with Crippen LogP contribution in [0.15, 0.2) is 47.3 Å². The van der Waals surface area contributed by atoms with Gasteiger partial charge in [-0.25, -0.2) is 4.39 Å². The Bertz CT molecular complexity index is 940. The Morgan fingerprint density at radius 1 is 1.09 bits per heavy atom. The largest absolute Gasteiger partial charge is 0.494 e. The number of hydrogen-bond donors (Lipinski definition) is 1. The molecular weight excluding hydrogens is 293 g/mol. The van der Waals surface area contributed by atoms with Gasteiger partial charge in [-0.1, -0.05) is 24.3 Å². The second kappa shape index (κ2) is 5.54. The second-order valence-corrected chi connectivity index (χ2v) is 5.97. The molecule has 0 bridgehead atoms. The molecular formula is C19H18FNO2. The third-order valence-corrected chi connectivity index (χ3v) is 4.07. The number of benzene rings is 2. The maximum absolute atomic E-state index is 13.3. The summed E-state index contributed by atoms with van der Waals surface area (Å²) in [6.07, 6.45) is 0. The monoisotopic (exact) mass is 311 g/mol. The van der Waals surface area contributed by atoms with Gasteiger partial charge in [-0.3, -0.25) is 9.36 Å². The molecule has 0 aliphatic rings. The molecule has 1 N–H and O–H groups in total. The summed E-state index contributed by atoms with van der Waals surface area (Å²) >= 11 is 0. The minimum atomic E-state index is -0.341. The third kappa shape index (κ3) is 2.40. The van der Waals surface area contributed by atoms with E-state index in [9.17, 15) is 14.3 Å². The van der Waals surface area contributed by atoms with Gasteiger partial charge in [0.15, 0.2) is 0 Å². The lowest BCUT2D eigenvalue weighted by molar-refractivity contribution is 0.392. The molecule has 0 unspecified atom stereocenters. The van der Waals surface area contributed by atoms with E-state index in [1.807, 2.05) is 32.9 Å². The summed E-state index contributed by atoms with van der Waals surface area (Å²) in [5.74, 6) is -0.426. The molecule has 0 saturated carbocycles. The van der Waals surface area contributed by atoms with E-state index < -0.39 is 0 Å². The second-order valence-electron chi connectivity index (χ2n) is 5.97. The summed E-state index contributed by atoms with van der Waals surface area (Å²) in [7, 11) is 0. The van der Waals surface area contributed by atoms with Crippen LogP contribution in [0.2, 0.25) is 0 Å². The molecule has 118 valence electrons. The number of hydrogen-bond acceptors (Lipinski definition) is 2. The fraction of sp³-hybridized carbons (Fsp3) is 0.211. The molecule has 0 aliphatic heterocycles. The Hall–Kier alpha value is -2.62. The fourth-order valence-electron chi connectivity index (χ4n) is 3.01. The van der Waals surface area contributed by atoms with Crippen LogP contribution in [0.25, 0.3) is 21.9 Å². The van der Waals surface area contributed by atoms with Gasteiger partial charge >= 0.3 is 0 Å². The third-order valence-electron chi connectivity index (χ3n) is 4.07. The van der Waals surface area contributed by atoms with Gasteiger partial charge in [0.05, 0.1) is 5.56 Å². The Morgan fingerprint density at radius 3 is 2.35 bits per heavy atom. The van der Waals surface area contributed by atoms with Crippen LogP contribution >= 0.6 is 0 Å².